The summed E-state index contributed by atoms with van der Waals surface area (Å²) < 4.78 is 7.60. The molecule has 2 unspecified atom stereocenters. The lowest BCUT2D eigenvalue weighted by molar-refractivity contribution is -0.164. The summed E-state index contributed by atoms with van der Waals surface area (Å²) in [6.45, 7) is 12.3. The van der Waals surface area contributed by atoms with E-state index in [1.54, 1.807) is 48.3 Å². The number of likely N-dealkylation sites (tertiary alicyclic amines) is 1. The van der Waals surface area contributed by atoms with Gasteiger partial charge >= 0.3 is 5.97 Å². The Morgan fingerprint density at radius 3 is 2.45 bits per heavy atom. The van der Waals surface area contributed by atoms with Crippen LogP contribution < -0.4 is 10.6 Å². The average Bonchev–Trinajstić information content (AvgIpc) is 3.44. The second-order valence-electron chi connectivity index (χ2n) is 13.4. The van der Waals surface area contributed by atoms with Gasteiger partial charge in [-0.05, 0) is 72.6 Å². The highest BCUT2D eigenvalue weighted by molar-refractivity contribution is 5.98. The normalized spacial score (nSPS) is 20.5. The van der Waals surface area contributed by atoms with Crippen LogP contribution in [0.4, 0.5) is 11.8 Å². The molecule has 2 fully saturated rings. The number of hydrogen-bond acceptors (Lipinski definition) is 9. The number of esters is 1. The molecule has 2 aliphatic rings. The summed E-state index contributed by atoms with van der Waals surface area (Å²) in [7, 11) is 3.44. The van der Waals surface area contributed by atoms with Crippen molar-refractivity contribution in [2.24, 2.45) is 0 Å². The largest absolute Gasteiger partial charge is 0.459 e. The number of nitrogens with zero attached hydrogens (tertiary/aromatic N) is 6. The van der Waals surface area contributed by atoms with E-state index in [0.29, 0.717) is 41.6 Å². The Labute approximate surface area is 245 Å². The quantitative estimate of drug-likeness (QED) is 0.439. The van der Waals surface area contributed by atoms with Crippen molar-refractivity contribution in [3.05, 3.63) is 41.9 Å². The van der Waals surface area contributed by atoms with Crippen molar-refractivity contribution in [2.45, 2.75) is 77.1 Å². The molecule has 2 amide bonds. The summed E-state index contributed by atoms with van der Waals surface area (Å²) in [5, 5.41) is 7.27. The summed E-state index contributed by atoms with van der Waals surface area (Å²) in [5.41, 5.74) is -0.320. The molecule has 0 aliphatic carbocycles. The zero-order valence-electron chi connectivity index (χ0n) is 25.6. The molecule has 42 heavy (non-hydrogen) atoms. The first-order valence-electron chi connectivity index (χ1n) is 14.2. The standard InChI is InChI=1S/C30H40N8O4/c1-28(2,3)38-21(25(40)36(7)8)13-19-15-32-27(34-23(19)38)33-22-10-9-18(14-31-22)24(39)37-16-20-11-12-30(17-37,35-20)26(41)42-29(4,5)6/h9-10,13-15,20,35H,11-12,16-17H2,1-8H3,(H,31,32,33,34). The molecule has 0 aromatic carbocycles. The molecule has 5 heterocycles. The number of ether oxygens (including phenoxy) is 1. The van der Waals surface area contributed by atoms with Crippen molar-refractivity contribution < 1.29 is 19.1 Å². The van der Waals surface area contributed by atoms with Crippen LogP contribution in [-0.4, -0.2) is 91.5 Å². The Morgan fingerprint density at radius 2 is 1.83 bits per heavy atom. The van der Waals surface area contributed by atoms with Gasteiger partial charge < -0.3 is 24.4 Å². The zero-order valence-corrected chi connectivity index (χ0v) is 25.6. The van der Waals surface area contributed by atoms with Crippen LogP contribution in [-0.2, 0) is 15.1 Å². The molecule has 12 heteroatoms. The van der Waals surface area contributed by atoms with Crippen LogP contribution in [0.1, 0.15) is 75.2 Å². The van der Waals surface area contributed by atoms with Crippen molar-refractivity contribution in [1.29, 1.82) is 0 Å². The van der Waals surface area contributed by atoms with Gasteiger partial charge in [-0.1, -0.05) is 0 Å². The average molecular weight is 577 g/mol. The van der Waals surface area contributed by atoms with Gasteiger partial charge in [-0.15, -0.1) is 0 Å². The zero-order chi connectivity index (χ0) is 30.6. The van der Waals surface area contributed by atoms with Gasteiger partial charge in [0.15, 0.2) is 0 Å². The number of amides is 2. The number of nitrogens with one attached hydrogen (secondary N) is 2. The molecular formula is C30H40N8O4. The lowest BCUT2D eigenvalue weighted by Crippen LogP contribution is -2.65. The maximum Gasteiger partial charge on any atom is 0.328 e. The van der Waals surface area contributed by atoms with Crippen molar-refractivity contribution in [2.75, 3.05) is 32.5 Å². The first-order valence-corrected chi connectivity index (χ1v) is 14.2. The maximum absolute atomic E-state index is 13.4. The fourth-order valence-corrected chi connectivity index (χ4v) is 5.64. The maximum atomic E-state index is 13.4. The lowest BCUT2D eigenvalue weighted by Gasteiger charge is -2.40. The third-order valence-electron chi connectivity index (χ3n) is 7.47. The Kier molecular flexibility index (Phi) is 7.24. The molecule has 12 nitrogen and oxygen atoms in total. The third kappa shape index (κ3) is 5.67. The van der Waals surface area contributed by atoms with E-state index in [0.717, 1.165) is 11.8 Å². The van der Waals surface area contributed by atoms with Crippen molar-refractivity contribution in [3.63, 3.8) is 0 Å². The molecule has 2 saturated heterocycles. The van der Waals surface area contributed by atoms with Crippen LogP contribution in [0.5, 0.6) is 0 Å². The first-order chi connectivity index (χ1) is 19.6. The van der Waals surface area contributed by atoms with E-state index in [-0.39, 0.29) is 30.4 Å². The predicted octanol–water partition coefficient (Wildman–Crippen LogP) is 3.32. The van der Waals surface area contributed by atoms with E-state index in [9.17, 15) is 14.4 Å². The monoisotopic (exact) mass is 576 g/mol. The van der Waals surface area contributed by atoms with E-state index < -0.39 is 16.7 Å². The second kappa shape index (κ2) is 10.3. The van der Waals surface area contributed by atoms with Crippen LogP contribution in [0.3, 0.4) is 0 Å². The third-order valence-corrected chi connectivity index (χ3v) is 7.47. The molecule has 2 N–H and O–H groups in total. The molecule has 2 bridgehead atoms. The summed E-state index contributed by atoms with van der Waals surface area (Å²) in [6.07, 6.45) is 4.62. The van der Waals surface area contributed by atoms with Crippen LogP contribution in [0.2, 0.25) is 0 Å². The number of hydrogen-bond donors (Lipinski definition) is 2. The summed E-state index contributed by atoms with van der Waals surface area (Å²) in [5.74, 6) is 0.165. The van der Waals surface area contributed by atoms with Crippen LogP contribution in [0.25, 0.3) is 11.0 Å². The van der Waals surface area contributed by atoms with E-state index in [1.807, 2.05) is 46.1 Å². The minimum absolute atomic E-state index is 0.0387. The number of anilines is 2. The fourth-order valence-electron chi connectivity index (χ4n) is 5.64. The van der Waals surface area contributed by atoms with E-state index in [2.05, 4.69) is 20.6 Å². The molecule has 3 aromatic heterocycles. The molecule has 0 radical (unpaired) electrons. The minimum Gasteiger partial charge on any atom is -0.459 e. The van der Waals surface area contributed by atoms with Crippen LogP contribution >= 0.6 is 0 Å². The minimum atomic E-state index is -0.890. The lowest BCUT2D eigenvalue weighted by atomic mass is 9.96. The number of fused-ring (bicyclic) bond motifs is 3. The SMILES string of the molecule is CN(C)C(=O)c1cc2cnc(Nc3ccc(C(=O)N4CC5CCC(C(=O)OC(C)(C)C)(C4)N5)cn3)nc2n1C(C)(C)C. The molecule has 224 valence electrons. The summed E-state index contributed by atoms with van der Waals surface area (Å²) in [4.78, 5) is 56.2. The number of pyridine rings is 1. The van der Waals surface area contributed by atoms with Gasteiger partial charge in [0, 0.05) is 50.0 Å². The Bertz CT molecular complexity index is 1530. The number of rotatable bonds is 5. The van der Waals surface area contributed by atoms with Gasteiger partial charge in [0.05, 0.1) is 12.1 Å². The van der Waals surface area contributed by atoms with Crippen LogP contribution in [0.15, 0.2) is 30.6 Å². The summed E-state index contributed by atoms with van der Waals surface area (Å²) >= 11 is 0. The highest BCUT2D eigenvalue weighted by Crippen LogP contribution is 2.33. The second-order valence-corrected chi connectivity index (χ2v) is 13.4. The number of carbonyl (C=O) groups is 3. The van der Waals surface area contributed by atoms with Crippen LogP contribution in [0, 0.1) is 0 Å². The van der Waals surface area contributed by atoms with E-state index >= 15 is 0 Å². The van der Waals surface area contributed by atoms with Gasteiger partial charge in [0.1, 0.15) is 28.3 Å². The first kappa shape index (κ1) is 29.4. The number of piperazine rings is 1. The summed E-state index contributed by atoms with van der Waals surface area (Å²) in [6, 6.07) is 5.24. The van der Waals surface area contributed by atoms with E-state index in [1.165, 1.54) is 6.20 Å². The van der Waals surface area contributed by atoms with Crippen molar-refractivity contribution >= 4 is 40.6 Å². The fraction of sp³-hybridized carbons (Fsp3) is 0.533. The molecule has 2 aliphatic heterocycles. The van der Waals surface area contributed by atoms with Gasteiger partial charge in [-0.3, -0.25) is 14.9 Å². The van der Waals surface area contributed by atoms with Gasteiger partial charge in [-0.25, -0.2) is 14.8 Å². The molecule has 0 spiro atoms. The van der Waals surface area contributed by atoms with Crippen molar-refractivity contribution in [1.82, 2.24) is 34.6 Å². The topological polar surface area (TPSA) is 135 Å². The number of aromatic nitrogens is 4. The number of carbonyl (C=O) groups excluding carboxylic acids is 3. The molecule has 3 aromatic rings. The van der Waals surface area contributed by atoms with Gasteiger partial charge in [0.2, 0.25) is 5.95 Å². The predicted molar refractivity (Wildman–Crippen MR) is 159 cm³/mol. The Balaban J connectivity index is 1.33. The smallest absolute Gasteiger partial charge is 0.328 e. The molecule has 5 rings (SSSR count). The highest BCUT2D eigenvalue weighted by atomic mass is 16.6. The highest BCUT2D eigenvalue weighted by Gasteiger charge is 2.52. The molecule has 2 atom stereocenters. The molecule has 0 saturated carbocycles. The Morgan fingerprint density at radius 1 is 1.10 bits per heavy atom. The van der Waals surface area contributed by atoms with E-state index in [4.69, 9.17) is 9.72 Å². The van der Waals surface area contributed by atoms with Gasteiger partial charge in [0.25, 0.3) is 11.8 Å². The van der Waals surface area contributed by atoms with Crippen molar-refractivity contribution in [3.8, 4) is 0 Å². The van der Waals surface area contributed by atoms with Gasteiger partial charge in [-0.2, -0.15) is 4.98 Å². The molecular weight excluding hydrogens is 536 g/mol. The Hall–Kier alpha value is -4.06.